The quantitative estimate of drug-likeness (QED) is 0.503. The van der Waals surface area contributed by atoms with Crippen LogP contribution in [0.1, 0.15) is 42.9 Å². The van der Waals surface area contributed by atoms with Gasteiger partial charge >= 0.3 is 0 Å². The van der Waals surface area contributed by atoms with E-state index in [4.69, 9.17) is 4.99 Å². The van der Waals surface area contributed by atoms with Gasteiger partial charge in [-0.1, -0.05) is 31.0 Å². The van der Waals surface area contributed by atoms with Gasteiger partial charge in [0.2, 0.25) is 0 Å². The molecule has 0 aliphatic heterocycles. The molecule has 2 aromatic heterocycles. The van der Waals surface area contributed by atoms with Crippen LogP contribution < -0.4 is 5.32 Å². The molecule has 2 heterocycles. The highest BCUT2D eigenvalue weighted by Crippen LogP contribution is 2.18. The van der Waals surface area contributed by atoms with Gasteiger partial charge in [0.05, 0.1) is 11.9 Å². The van der Waals surface area contributed by atoms with E-state index >= 15 is 0 Å². The van der Waals surface area contributed by atoms with Crippen LogP contribution in [-0.4, -0.2) is 48.5 Å². The molecule has 0 radical (unpaired) electrons. The fourth-order valence-electron chi connectivity index (χ4n) is 3.78. The molecular formula is C22H30N8. The molecule has 0 bridgehead atoms. The Morgan fingerprint density at radius 2 is 1.97 bits per heavy atom. The lowest BCUT2D eigenvalue weighted by atomic mass is 10.2. The molecule has 158 valence electrons. The van der Waals surface area contributed by atoms with Gasteiger partial charge in [-0.15, -0.1) is 10.2 Å². The highest BCUT2D eigenvalue weighted by Gasteiger charge is 2.19. The third-order valence-electron chi connectivity index (χ3n) is 5.68. The maximum atomic E-state index is 4.87. The van der Waals surface area contributed by atoms with Crippen LogP contribution in [0.2, 0.25) is 0 Å². The third kappa shape index (κ3) is 4.69. The summed E-state index contributed by atoms with van der Waals surface area (Å²) >= 11 is 0. The number of guanidine groups is 1. The summed E-state index contributed by atoms with van der Waals surface area (Å²) < 4.78 is 3.90. The van der Waals surface area contributed by atoms with Crippen molar-refractivity contribution in [3.8, 4) is 5.69 Å². The van der Waals surface area contributed by atoms with Gasteiger partial charge in [-0.3, -0.25) is 0 Å². The van der Waals surface area contributed by atoms with Gasteiger partial charge in [-0.2, -0.15) is 5.10 Å². The Kier molecular flexibility index (Phi) is 6.11. The predicted octanol–water partition coefficient (Wildman–Crippen LogP) is 2.83. The van der Waals surface area contributed by atoms with Crippen molar-refractivity contribution in [2.75, 3.05) is 7.05 Å². The van der Waals surface area contributed by atoms with Crippen LogP contribution >= 0.6 is 0 Å². The number of aromatic nitrogens is 5. The van der Waals surface area contributed by atoms with Crippen molar-refractivity contribution in [1.82, 2.24) is 34.8 Å². The maximum Gasteiger partial charge on any atom is 0.194 e. The normalized spacial score (nSPS) is 15.0. The molecular weight excluding hydrogens is 376 g/mol. The summed E-state index contributed by atoms with van der Waals surface area (Å²) in [6.07, 6.45) is 8.94. The van der Waals surface area contributed by atoms with Crippen molar-refractivity contribution < 1.29 is 0 Å². The number of aliphatic imine (C=N–C) groups is 1. The molecule has 1 fully saturated rings. The number of hydrogen-bond donors (Lipinski definition) is 1. The smallest absolute Gasteiger partial charge is 0.194 e. The molecule has 4 rings (SSSR count). The average Bonchev–Trinajstić information content (AvgIpc) is 3.50. The summed E-state index contributed by atoms with van der Waals surface area (Å²) in [6, 6.07) is 10.6. The van der Waals surface area contributed by atoms with Gasteiger partial charge in [-0.25, -0.2) is 9.67 Å². The lowest BCUT2D eigenvalue weighted by Gasteiger charge is -2.25. The Bertz CT molecular complexity index is 982. The van der Waals surface area contributed by atoms with E-state index in [-0.39, 0.29) is 0 Å². The molecule has 0 spiro atoms. The molecule has 8 nitrogen and oxygen atoms in total. The first-order chi connectivity index (χ1) is 14.6. The lowest BCUT2D eigenvalue weighted by Crippen LogP contribution is -2.43. The van der Waals surface area contributed by atoms with Crippen molar-refractivity contribution in [1.29, 1.82) is 0 Å². The summed E-state index contributed by atoms with van der Waals surface area (Å²) in [5.74, 6) is 2.66. The maximum absolute atomic E-state index is 4.87. The Balaban J connectivity index is 1.48. The second-order valence-corrected chi connectivity index (χ2v) is 7.97. The van der Waals surface area contributed by atoms with Gasteiger partial charge in [0.25, 0.3) is 0 Å². The van der Waals surface area contributed by atoms with Crippen molar-refractivity contribution >= 4 is 5.96 Å². The lowest BCUT2D eigenvalue weighted by molar-refractivity contribution is 0.456. The van der Waals surface area contributed by atoms with E-state index in [1.165, 1.54) is 25.7 Å². The molecule has 0 unspecified atom stereocenters. The zero-order chi connectivity index (χ0) is 20.9. The zero-order valence-corrected chi connectivity index (χ0v) is 18.0. The Morgan fingerprint density at radius 1 is 1.20 bits per heavy atom. The SMILES string of the molecule is Cc1nnc(CN=C(NC2CCCC2)N(C)Cc2cnn(-c3ccccc3)c2)n1C. The first-order valence-corrected chi connectivity index (χ1v) is 10.6. The molecule has 1 N–H and O–H groups in total. The van der Waals surface area contributed by atoms with Gasteiger partial charge in [0.1, 0.15) is 12.4 Å². The number of hydrogen-bond acceptors (Lipinski definition) is 4. The number of nitrogens with one attached hydrogen (secondary N) is 1. The number of nitrogens with zero attached hydrogens (tertiary/aromatic N) is 7. The van der Waals surface area contributed by atoms with Crippen molar-refractivity contribution in [3.05, 3.63) is 59.9 Å². The minimum absolute atomic E-state index is 0.486. The van der Waals surface area contributed by atoms with Crippen LogP contribution in [0, 0.1) is 6.92 Å². The van der Waals surface area contributed by atoms with Crippen LogP contribution in [0.5, 0.6) is 0 Å². The van der Waals surface area contributed by atoms with Gasteiger partial charge in [-0.05, 0) is 31.9 Å². The number of benzene rings is 1. The van der Waals surface area contributed by atoms with E-state index < -0.39 is 0 Å². The van der Waals surface area contributed by atoms with Crippen LogP contribution in [0.4, 0.5) is 0 Å². The number of aryl methyl sites for hydroxylation is 1. The topological polar surface area (TPSA) is 76.2 Å². The summed E-state index contributed by atoms with van der Waals surface area (Å²) in [4.78, 5) is 7.03. The molecule has 1 aromatic carbocycles. The molecule has 1 aliphatic rings. The highest BCUT2D eigenvalue weighted by atomic mass is 15.3. The van der Waals surface area contributed by atoms with E-state index in [1.807, 2.05) is 47.6 Å². The van der Waals surface area contributed by atoms with Crippen LogP contribution in [0.15, 0.2) is 47.7 Å². The molecule has 1 aliphatic carbocycles. The van der Waals surface area contributed by atoms with E-state index in [1.54, 1.807) is 0 Å². The minimum atomic E-state index is 0.486. The molecule has 30 heavy (non-hydrogen) atoms. The van der Waals surface area contributed by atoms with Crippen LogP contribution in [0.25, 0.3) is 5.69 Å². The molecule has 0 amide bonds. The first kappa shape index (κ1) is 20.1. The largest absolute Gasteiger partial charge is 0.353 e. The molecule has 0 atom stereocenters. The van der Waals surface area contributed by atoms with E-state index in [2.05, 4.69) is 50.9 Å². The third-order valence-corrected chi connectivity index (χ3v) is 5.68. The van der Waals surface area contributed by atoms with Crippen LogP contribution in [0.3, 0.4) is 0 Å². The van der Waals surface area contributed by atoms with Gasteiger partial charge < -0.3 is 14.8 Å². The van der Waals surface area contributed by atoms with Crippen molar-refractivity contribution in [2.45, 2.75) is 51.7 Å². The fourth-order valence-corrected chi connectivity index (χ4v) is 3.78. The predicted molar refractivity (Wildman–Crippen MR) is 117 cm³/mol. The second kappa shape index (κ2) is 9.11. The van der Waals surface area contributed by atoms with E-state index in [0.29, 0.717) is 12.6 Å². The summed E-state index contributed by atoms with van der Waals surface area (Å²) in [6.45, 7) is 3.18. The summed E-state index contributed by atoms with van der Waals surface area (Å²) in [7, 11) is 4.05. The molecule has 0 saturated heterocycles. The Morgan fingerprint density at radius 3 is 2.67 bits per heavy atom. The van der Waals surface area contributed by atoms with Crippen molar-refractivity contribution in [2.24, 2.45) is 12.0 Å². The number of para-hydroxylation sites is 1. The summed E-state index contributed by atoms with van der Waals surface area (Å²) in [5.41, 5.74) is 2.19. The standard InChI is InChI=1S/C22H30N8/c1-17-26-27-21(29(17)3)14-23-22(25-19-9-7-8-10-19)28(2)15-18-13-24-30(16-18)20-11-5-4-6-12-20/h4-6,11-13,16,19H,7-10,14-15H2,1-3H3,(H,23,25). The summed E-state index contributed by atoms with van der Waals surface area (Å²) in [5, 5.41) is 16.6. The fraction of sp³-hybridized carbons (Fsp3) is 0.455. The molecule has 3 aromatic rings. The van der Waals surface area contributed by atoms with Crippen molar-refractivity contribution in [3.63, 3.8) is 0 Å². The Hall–Kier alpha value is -3.16. The van der Waals surface area contributed by atoms with Crippen LogP contribution in [-0.2, 0) is 20.1 Å². The van der Waals surface area contributed by atoms with E-state index in [9.17, 15) is 0 Å². The highest BCUT2D eigenvalue weighted by molar-refractivity contribution is 5.80. The van der Waals surface area contributed by atoms with Gasteiger partial charge in [0.15, 0.2) is 11.8 Å². The van der Waals surface area contributed by atoms with E-state index in [0.717, 1.165) is 35.4 Å². The average molecular weight is 407 g/mol. The Labute approximate surface area is 177 Å². The second-order valence-electron chi connectivity index (χ2n) is 7.97. The monoisotopic (exact) mass is 406 g/mol. The molecule has 1 saturated carbocycles. The first-order valence-electron chi connectivity index (χ1n) is 10.6. The number of rotatable bonds is 6. The van der Waals surface area contributed by atoms with Gasteiger partial charge in [0, 0.05) is 38.4 Å². The zero-order valence-electron chi connectivity index (χ0n) is 18.0. The minimum Gasteiger partial charge on any atom is -0.353 e. The molecule has 8 heteroatoms.